The smallest absolute Gasteiger partial charge is 0.269 e. The molecule has 5 nitrogen and oxygen atoms in total. The zero-order valence-electron chi connectivity index (χ0n) is 12.4. The molecule has 0 N–H and O–H groups in total. The van der Waals surface area contributed by atoms with E-state index in [4.69, 9.17) is 0 Å². The number of imidazole rings is 1. The topological polar surface area (TPSA) is 55.2 Å². The van der Waals surface area contributed by atoms with Gasteiger partial charge in [-0.25, -0.2) is 13.4 Å². The zero-order valence-corrected chi connectivity index (χ0v) is 15.6. The summed E-state index contributed by atoms with van der Waals surface area (Å²) in [5.74, 6) is -0.00658. The molecule has 0 fully saturated rings. The first-order valence-electron chi connectivity index (χ1n) is 6.76. The van der Waals surface area contributed by atoms with E-state index in [-0.39, 0.29) is 22.1 Å². The predicted octanol–water partition coefficient (Wildman–Crippen LogP) is 4.08. The third kappa shape index (κ3) is 3.10. The van der Waals surface area contributed by atoms with Gasteiger partial charge in [0.2, 0.25) is 0 Å². The fourth-order valence-corrected chi connectivity index (χ4v) is 5.64. The number of sulfonamides is 1. The van der Waals surface area contributed by atoms with Crippen LogP contribution >= 0.6 is 27.3 Å². The Morgan fingerprint density at radius 1 is 1.29 bits per heavy atom. The number of alkyl halides is 2. The lowest BCUT2D eigenvalue weighted by atomic mass is 10.3. The Bertz CT molecular complexity index is 985. The monoisotopic (exact) mass is 435 g/mol. The first-order chi connectivity index (χ1) is 11.3. The SMILES string of the molecule is CN(Cc1nc2ccccc2n1C(F)F)S(=O)(=O)c1ccc(Br)s1. The van der Waals surface area contributed by atoms with E-state index in [1.165, 1.54) is 19.2 Å². The van der Waals surface area contributed by atoms with Crippen molar-refractivity contribution in [1.82, 2.24) is 13.9 Å². The van der Waals surface area contributed by atoms with E-state index >= 15 is 0 Å². The molecule has 0 unspecified atom stereocenters. The Morgan fingerprint density at radius 2 is 2.00 bits per heavy atom. The number of benzene rings is 1. The van der Waals surface area contributed by atoms with Gasteiger partial charge in [0, 0.05) is 7.05 Å². The molecule has 0 saturated heterocycles. The third-order valence-corrected chi connectivity index (χ3v) is 7.34. The second-order valence-electron chi connectivity index (χ2n) is 4.98. The minimum absolute atomic E-state index is 0.00658. The molecule has 10 heteroatoms. The second kappa shape index (κ2) is 6.51. The molecule has 3 rings (SSSR count). The third-order valence-electron chi connectivity index (χ3n) is 3.44. The molecule has 128 valence electrons. The Balaban J connectivity index is 1.99. The van der Waals surface area contributed by atoms with E-state index in [9.17, 15) is 17.2 Å². The molecular formula is C14H12BrF2N3O2S2. The zero-order chi connectivity index (χ0) is 17.5. The van der Waals surface area contributed by atoms with Gasteiger partial charge in [-0.3, -0.25) is 4.57 Å². The van der Waals surface area contributed by atoms with E-state index in [0.717, 1.165) is 20.2 Å². The number of thiophene rings is 1. The van der Waals surface area contributed by atoms with Crippen LogP contribution in [0.25, 0.3) is 11.0 Å². The van der Waals surface area contributed by atoms with Crippen LogP contribution in [0, 0.1) is 0 Å². The summed E-state index contributed by atoms with van der Waals surface area (Å²) in [5.41, 5.74) is 0.671. The van der Waals surface area contributed by atoms with Gasteiger partial charge >= 0.3 is 6.55 Å². The maximum Gasteiger partial charge on any atom is 0.320 e. The number of hydrogen-bond acceptors (Lipinski definition) is 4. The van der Waals surface area contributed by atoms with Crippen molar-refractivity contribution in [2.45, 2.75) is 17.3 Å². The van der Waals surface area contributed by atoms with Gasteiger partial charge in [-0.05, 0) is 40.2 Å². The number of hydrogen-bond donors (Lipinski definition) is 0. The summed E-state index contributed by atoms with van der Waals surface area (Å²) in [4.78, 5) is 4.16. The molecule has 0 aliphatic carbocycles. The molecular weight excluding hydrogens is 424 g/mol. The molecule has 0 aliphatic rings. The normalized spacial score (nSPS) is 12.6. The van der Waals surface area contributed by atoms with Crippen LogP contribution in [0.15, 0.2) is 44.4 Å². The van der Waals surface area contributed by atoms with Crippen molar-refractivity contribution >= 4 is 48.3 Å². The van der Waals surface area contributed by atoms with Gasteiger partial charge in [0.25, 0.3) is 10.0 Å². The van der Waals surface area contributed by atoms with E-state index in [1.54, 1.807) is 24.3 Å². The van der Waals surface area contributed by atoms with Crippen molar-refractivity contribution in [2.75, 3.05) is 7.05 Å². The maximum atomic E-state index is 13.4. The quantitative estimate of drug-likeness (QED) is 0.606. The van der Waals surface area contributed by atoms with Gasteiger partial charge in [-0.1, -0.05) is 12.1 Å². The summed E-state index contributed by atoms with van der Waals surface area (Å²) >= 11 is 4.28. The van der Waals surface area contributed by atoms with Crippen LogP contribution in [0.2, 0.25) is 0 Å². The number of halogens is 3. The van der Waals surface area contributed by atoms with Crippen LogP contribution in [0.3, 0.4) is 0 Å². The predicted molar refractivity (Wildman–Crippen MR) is 91.7 cm³/mol. The van der Waals surface area contributed by atoms with Gasteiger partial charge < -0.3 is 0 Å². The highest BCUT2D eigenvalue weighted by Gasteiger charge is 2.26. The first-order valence-corrected chi connectivity index (χ1v) is 9.81. The fraction of sp³-hybridized carbons (Fsp3) is 0.214. The lowest BCUT2D eigenvalue weighted by Crippen LogP contribution is -2.27. The Labute approximate surface area is 149 Å². The summed E-state index contributed by atoms with van der Waals surface area (Å²) in [6.45, 7) is -3.06. The molecule has 0 amide bonds. The van der Waals surface area contributed by atoms with E-state index in [1.807, 2.05) is 0 Å². The average molecular weight is 436 g/mol. The van der Waals surface area contributed by atoms with Crippen LogP contribution < -0.4 is 0 Å². The lowest BCUT2D eigenvalue weighted by molar-refractivity contribution is 0.0703. The van der Waals surface area contributed by atoms with Gasteiger partial charge in [0.1, 0.15) is 10.0 Å². The van der Waals surface area contributed by atoms with Crippen LogP contribution in [0.5, 0.6) is 0 Å². The van der Waals surface area contributed by atoms with Crippen LogP contribution in [0.4, 0.5) is 8.78 Å². The largest absolute Gasteiger partial charge is 0.320 e. The van der Waals surface area contributed by atoms with Crippen molar-refractivity contribution in [2.24, 2.45) is 0 Å². The van der Waals surface area contributed by atoms with Crippen molar-refractivity contribution in [3.05, 3.63) is 46.0 Å². The summed E-state index contributed by atoms with van der Waals surface area (Å²) in [5, 5.41) is 0. The minimum Gasteiger partial charge on any atom is -0.269 e. The molecule has 1 aromatic carbocycles. The van der Waals surface area contributed by atoms with Crippen LogP contribution in [-0.4, -0.2) is 29.3 Å². The molecule has 0 saturated carbocycles. The second-order valence-corrected chi connectivity index (χ2v) is 9.72. The van der Waals surface area contributed by atoms with Crippen molar-refractivity contribution in [1.29, 1.82) is 0 Å². The van der Waals surface area contributed by atoms with Gasteiger partial charge in [0.05, 0.1) is 21.4 Å². The summed E-state index contributed by atoms with van der Waals surface area (Å²) in [6.07, 6.45) is 0. The Morgan fingerprint density at radius 3 is 2.62 bits per heavy atom. The standard InChI is InChI=1S/C14H12BrF2N3O2S2/c1-19(24(21,22)13-7-6-11(15)23-13)8-12-18-9-4-2-3-5-10(9)20(12)14(16)17/h2-7,14H,8H2,1H3. The van der Waals surface area contributed by atoms with Crippen LogP contribution in [-0.2, 0) is 16.6 Å². The molecule has 0 aliphatic heterocycles. The molecule has 0 atom stereocenters. The van der Waals surface area contributed by atoms with E-state index in [0.29, 0.717) is 9.30 Å². The number of para-hydroxylation sites is 2. The van der Waals surface area contributed by atoms with Crippen LogP contribution in [0.1, 0.15) is 12.4 Å². The highest BCUT2D eigenvalue weighted by molar-refractivity contribution is 9.11. The molecule has 0 radical (unpaired) electrons. The highest BCUT2D eigenvalue weighted by atomic mass is 79.9. The highest BCUT2D eigenvalue weighted by Crippen LogP contribution is 2.29. The molecule has 0 spiro atoms. The summed E-state index contributed by atoms with van der Waals surface area (Å²) < 4.78 is 54.5. The number of nitrogens with zero attached hydrogens (tertiary/aromatic N) is 3. The molecule has 2 aromatic heterocycles. The first kappa shape index (κ1) is 17.5. The summed E-state index contributed by atoms with van der Waals surface area (Å²) in [7, 11) is -2.43. The number of fused-ring (bicyclic) bond motifs is 1. The number of rotatable bonds is 5. The van der Waals surface area contributed by atoms with Crippen molar-refractivity contribution < 1.29 is 17.2 Å². The molecule has 24 heavy (non-hydrogen) atoms. The van der Waals surface area contributed by atoms with Gasteiger partial charge in [0.15, 0.2) is 0 Å². The minimum atomic E-state index is -3.77. The molecule has 0 bridgehead atoms. The molecule has 3 aromatic rings. The molecule has 2 heterocycles. The Hall–Kier alpha value is -1.36. The van der Waals surface area contributed by atoms with Crippen molar-refractivity contribution in [3.8, 4) is 0 Å². The van der Waals surface area contributed by atoms with E-state index < -0.39 is 16.6 Å². The Kier molecular flexibility index (Phi) is 4.73. The van der Waals surface area contributed by atoms with Gasteiger partial charge in [-0.2, -0.15) is 13.1 Å². The van der Waals surface area contributed by atoms with Crippen molar-refractivity contribution in [3.63, 3.8) is 0 Å². The maximum absolute atomic E-state index is 13.4. The van der Waals surface area contributed by atoms with Gasteiger partial charge in [-0.15, -0.1) is 11.3 Å². The lowest BCUT2D eigenvalue weighted by Gasteiger charge is -2.16. The average Bonchev–Trinajstić information content (AvgIpc) is 3.10. The summed E-state index contributed by atoms with van der Waals surface area (Å²) in [6, 6.07) is 9.57. The fourth-order valence-electron chi connectivity index (χ4n) is 2.30. The number of aromatic nitrogens is 2. The van der Waals surface area contributed by atoms with E-state index in [2.05, 4.69) is 20.9 Å².